The SMILES string of the molecule is CNCC(=O)N[C@@H](C)C(=O)N[C@@H](C)C(=O)NOP(C)(=O)O. The summed E-state index contributed by atoms with van der Waals surface area (Å²) in [5.41, 5.74) is 1.76. The predicted octanol–water partition coefficient (Wildman–Crippen LogP) is -1.92. The van der Waals surface area contributed by atoms with Gasteiger partial charge in [-0.2, -0.15) is 4.62 Å². The fraction of sp³-hybridized carbons (Fsp3) is 0.700. The van der Waals surface area contributed by atoms with Gasteiger partial charge < -0.3 is 20.8 Å². The molecule has 0 aromatic carbocycles. The maximum atomic E-state index is 11.7. The second kappa shape index (κ2) is 8.73. The molecular formula is C10H21N4O6P. The second-order valence-electron chi connectivity index (χ2n) is 4.41. The molecule has 0 rings (SSSR count). The molecule has 0 aromatic heterocycles. The van der Waals surface area contributed by atoms with Gasteiger partial charge in [0.1, 0.15) is 12.1 Å². The highest BCUT2D eigenvalue weighted by Gasteiger charge is 2.22. The van der Waals surface area contributed by atoms with Gasteiger partial charge in [-0.05, 0) is 20.9 Å². The summed E-state index contributed by atoms with van der Waals surface area (Å²) in [6.07, 6.45) is 0. The van der Waals surface area contributed by atoms with E-state index < -0.39 is 31.5 Å². The molecule has 3 amide bonds. The highest BCUT2D eigenvalue weighted by molar-refractivity contribution is 7.51. The van der Waals surface area contributed by atoms with E-state index in [0.717, 1.165) is 6.66 Å². The molecule has 21 heavy (non-hydrogen) atoms. The van der Waals surface area contributed by atoms with E-state index in [9.17, 15) is 18.9 Å². The lowest BCUT2D eigenvalue weighted by Crippen LogP contribution is -2.52. The van der Waals surface area contributed by atoms with E-state index in [1.165, 1.54) is 13.8 Å². The van der Waals surface area contributed by atoms with E-state index in [1.54, 1.807) is 12.5 Å². The van der Waals surface area contributed by atoms with E-state index in [-0.39, 0.29) is 12.5 Å². The summed E-state index contributed by atoms with van der Waals surface area (Å²) < 4.78 is 15.1. The number of likely N-dealkylation sites (N-methyl/N-ethyl adjacent to an activating group) is 1. The van der Waals surface area contributed by atoms with Crippen molar-refractivity contribution in [1.29, 1.82) is 0 Å². The second-order valence-corrected chi connectivity index (χ2v) is 6.20. The Kier molecular flexibility index (Phi) is 8.11. The Labute approximate surface area is 122 Å². The Hall–Kier alpha value is -1.48. The molecule has 0 aliphatic heterocycles. The predicted molar refractivity (Wildman–Crippen MR) is 74.1 cm³/mol. The molecule has 10 nitrogen and oxygen atoms in total. The molecule has 0 saturated heterocycles. The molecule has 0 saturated carbocycles. The summed E-state index contributed by atoms with van der Waals surface area (Å²) in [7, 11) is -2.26. The summed E-state index contributed by atoms with van der Waals surface area (Å²) in [5, 5.41) is 7.37. The van der Waals surface area contributed by atoms with Crippen LogP contribution in [0.1, 0.15) is 13.8 Å². The highest BCUT2D eigenvalue weighted by Crippen LogP contribution is 2.34. The van der Waals surface area contributed by atoms with Crippen molar-refractivity contribution in [3.8, 4) is 0 Å². The summed E-state index contributed by atoms with van der Waals surface area (Å²) >= 11 is 0. The summed E-state index contributed by atoms with van der Waals surface area (Å²) in [4.78, 5) is 43.3. The van der Waals surface area contributed by atoms with Crippen molar-refractivity contribution in [3.05, 3.63) is 0 Å². The minimum absolute atomic E-state index is 0.0593. The number of amides is 3. The van der Waals surface area contributed by atoms with Gasteiger partial charge in [-0.15, -0.1) is 0 Å². The van der Waals surface area contributed by atoms with Gasteiger partial charge in [0, 0.05) is 6.66 Å². The van der Waals surface area contributed by atoms with Crippen LogP contribution in [-0.4, -0.2) is 55.0 Å². The van der Waals surface area contributed by atoms with Gasteiger partial charge in [-0.1, -0.05) is 0 Å². The van der Waals surface area contributed by atoms with Gasteiger partial charge >= 0.3 is 7.60 Å². The first-order chi connectivity index (χ1) is 9.56. The minimum Gasteiger partial charge on any atom is -0.343 e. The first kappa shape index (κ1) is 19.5. The van der Waals surface area contributed by atoms with Crippen molar-refractivity contribution < 1.29 is 28.5 Å². The maximum Gasteiger partial charge on any atom is 0.346 e. The summed E-state index contributed by atoms with van der Waals surface area (Å²) in [6.45, 7) is 3.77. The zero-order valence-electron chi connectivity index (χ0n) is 12.3. The molecule has 5 N–H and O–H groups in total. The largest absolute Gasteiger partial charge is 0.346 e. The van der Waals surface area contributed by atoms with Gasteiger partial charge in [-0.25, -0.2) is 5.48 Å². The molecule has 3 atom stereocenters. The van der Waals surface area contributed by atoms with Gasteiger partial charge in [0.05, 0.1) is 6.54 Å². The van der Waals surface area contributed by atoms with Crippen molar-refractivity contribution in [2.75, 3.05) is 20.3 Å². The first-order valence-electron chi connectivity index (χ1n) is 6.10. The molecule has 122 valence electrons. The van der Waals surface area contributed by atoms with Crippen LogP contribution in [0.5, 0.6) is 0 Å². The number of hydrogen-bond acceptors (Lipinski definition) is 6. The van der Waals surface area contributed by atoms with Crippen molar-refractivity contribution in [2.45, 2.75) is 25.9 Å². The van der Waals surface area contributed by atoms with E-state index >= 15 is 0 Å². The average molecular weight is 324 g/mol. The van der Waals surface area contributed by atoms with E-state index in [0.29, 0.717) is 0 Å². The maximum absolute atomic E-state index is 11.7. The molecule has 0 aliphatic rings. The molecule has 0 radical (unpaired) electrons. The van der Waals surface area contributed by atoms with Crippen LogP contribution in [0.15, 0.2) is 0 Å². The van der Waals surface area contributed by atoms with Crippen molar-refractivity contribution in [3.63, 3.8) is 0 Å². The van der Waals surface area contributed by atoms with E-state index in [1.807, 2.05) is 0 Å². The average Bonchev–Trinajstić information content (AvgIpc) is 2.34. The summed E-state index contributed by atoms with van der Waals surface area (Å²) in [5.74, 6) is -1.74. The summed E-state index contributed by atoms with van der Waals surface area (Å²) in [6, 6.07) is -1.84. The molecule has 0 heterocycles. The van der Waals surface area contributed by atoms with Crippen LogP contribution in [0.3, 0.4) is 0 Å². The van der Waals surface area contributed by atoms with E-state index in [4.69, 9.17) is 4.89 Å². The lowest BCUT2D eigenvalue weighted by Gasteiger charge is -2.18. The topological polar surface area (TPSA) is 146 Å². The fourth-order valence-corrected chi connectivity index (χ4v) is 1.40. The number of nitrogens with one attached hydrogen (secondary N) is 4. The first-order valence-corrected chi connectivity index (χ1v) is 8.12. The Bertz CT molecular complexity index is 437. The zero-order valence-corrected chi connectivity index (χ0v) is 13.2. The third-order valence-corrected chi connectivity index (χ3v) is 2.61. The molecule has 0 aliphatic carbocycles. The third-order valence-electron chi connectivity index (χ3n) is 2.18. The third kappa shape index (κ3) is 9.14. The Morgan fingerprint density at radius 2 is 1.67 bits per heavy atom. The molecule has 11 heteroatoms. The van der Waals surface area contributed by atoms with Crippen LogP contribution in [-0.2, 0) is 23.6 Å². The van der Waals surface area contributed by atoms with Gasteiger partial charge in [0.25, 0.3) is 5.91 Å². The lowest BCUT2D eigenvalue weighted by molar-refractivity contribution is -0.134. The normalized spacial score (nSPS) is 16.2. The molecule has 0 fully saturated rings. The Morgan fingerprint density at radius 3 is 2.14 bits per heavy atom. The lowest BCUT2D eigenvalue weighted by atomic mass is 10.2. The van der Waals surface area contributed by atoms with Crippen LogP contribution in [0, 0.1) is 0 Å². The Balaban J connectivity index is 4.27. The van der Waals surface area contributed by atoms with Gasteiger partial charge in [0.2, 0.25) is 11.8 Å². The van der Waals surface area contributed by atoms with Gasteiger partial charge in [0.15, 0.2) is 0 Å². The molecule has 0 bridgehead atoms. The molecule has 0 aromatic rings. The number of carbonyl (C=O) groups excluding carboxylic acids is 3. The fourth-order valence-electron chi connectivity index (χ4n) is 1.14. The quantitative estimate of drug-likeness (QED) is 0.258. The van der Waals surface area contributed by atoms with Crippen LogP contribution < -0.4 is 21.4 Å². The van der Waals surface area contributed by atoms with Gasteiger partial charge in [-0.3, -0.25) is 18.9 Å². The van der Waals surface area contributed by atoms with E-state index in [2.05, 4.69) is 20.6 Å². The number of hydroxylamine groups is 1. The Morgan fingerprint density at radius 1 is 1.14 bits per heavy atom. The van der Waals surface area contributed by atoms with Crippen LogP contribution >= 0.6 is 7.60 Å². The number of hydrogen-bond donors (Lipinski definition) is 5. The van der Waals surface area contributed by atoms with Crippen molar-refractivity contribution >= 4 is 25.3 Å². The number of rotatable bonds is 8. The van der Waals surface area contributed by atoms with Crippen LogP contribution in [0.4, 0.5) is 0 Å². The molecule has 0 spiro atoms. The zero-order chi connectivity index (χ0) is 16.6. The number of carbonyl (C=O) groups is 3. The monoisotopic (exact) mass is 324 g/mol. The standard InChI is InChI=1S/C10H21N4O6P/c1-6(12-8(15)5-11-3)9(16)13-7(2)10(17)14-20-21(4,18)19/h6-7,11H,5H2,1-4H3,(H,12,15)(H,13,16)(H,14,17)(H,18,19)/t6-,7-/m0/s1. The molecular weight excluding hydrogens is 303 g/mol. The molecule has 1 unspecified atom stereocenters. The highest BCUT2D eigenvalue weighted by atomic mass is 31.2. The minimum atomic E-state index is -3.85. The van der Waals surface area contributed by atoms with Crippen LogP contribution in [0.2, 0.25) is 0 Å². The smallest absolute Gasteiger partial charge is 0.343 e. The van der Waals surface area contributed by atoms with Crippen LogP contribution in [0.25, 0.3) is 0 Å². The van der Waals surface area contributed by atoms with Crippen molar-refractivity contribution in [1.82, 2.24) is 21.4 Å². The van der Waals surface area contributed by atoms with Crippen molar-refractivity contribution in [2.24, 2.45) is 0 Å².